The highest BCUT2D eigenvalue weighted by atomic mass is 16.3. The van der Waals surface area contributed by atoms with E-state index in [0.29, 0.717) is 0 Å². The van der Waals surface area contributed by atoms with E-state index in [1.165, 1.54) is 181 Å². The molecule has 0 saturated heterocycles. The van der Waals surface area contributed by atoms with Crippen molar-refractivity contribution in [1.29, 1.82) is 0 Å². The third kappa shape index (κ3) is 9.74. The van der Waals surface area contributed by atoms with Gasteiger partial charge < -0.3 is 22.7 Å². The van der Waals surface area contributed by atoms with Crippen LogP contribution in [0.1, 0.15) is 11.1 Å². The van der Waals surface area contributed by atoms with Gasteiger partial charge in [-0.1, -0.05) is 249 Å². The molecule has 1 aliphatic carbocycles. The molecule has 23 aromatic rings. The smallest absolute Gasteiger partial charge is 0.137 e. The highest BCUT2D eigenvalue weighted by molar-refractivity contribution is 6.25. The number of para-hydroxylation sites is 3. The molecule has 110 heavy (non-hydrogen) atoms. The summed E-state index contributed by atoms with van der Waals surface area (Å²) >= 11 is 0. The van der Waals surface area contributed by atoms with Gasteiger partial charge in [-0.3, -0.25) is 0 Å². The van der Waals surface area contributed by atoms with Crippen LogP contribution in [-0.4, -0.2) is 18.3 Å². The Kier molecular flexibility index (Phi) is 13.8. The molecule has 0 bridgehead atoms. The summed E-state index contributed by atoms with van der Waals surface area (Å²) < 4.78 is 16.2. The van der Waals surface area contributed by atoms with Crippen LogP contribution in [0.5, 0.6) is 0 Å². The van der Waals surface area contributed by atoms with Crippen molar-refractivity contribution in [2.45, 2.75) is 6.42 Å². The monoisotopic (exact) mass is 1400 g/mol. The first-order valence-electron chi connectivity index (χ1n) is 38.0. The molecule has 1 aliphatic rings. The number of benzene rings is 18. The Labute approximate surface area is 633 Å². The van der Waals surface area contributed by atoms with E-state index < -0.39 is 0 Å². The molecule has 18 aromatic carbocycles. The van der Waals surface area contributed by atoms with E-state index in [1.807, 2.05) is 6.07 Å². The fourth-order valence-corrected chi connectivity index (χ4v) is 18.3. The first kappa shape index (κ1) is 61.8. The predicted octanol–water partition coefficient (Wildman–Crippen LogP) is 28.2. The number of furan rings is 1. The fourth-order valence-electron chi connectivity index (χ4n) is 18.3. The van der Waals surface area contributed by atoms with E-state index in [0.717, 1.165) is 45.4 Å². The minimum absolute atomic E-state index is 0.898. The van der Waals surface area contributed by atoms with Crippen molar-refractivity contribution in [2.24, 2.45) is 0 Å². The molecule has 0 radical (unpaired) electrons. The Hall–Kier alpha value is -14.5. The quantitative estimate of drug-likeness (QED) is 0.149. The molecule has 0 aliphatic heterocycles. The molecule has 0 fully saturated rings. The molecule has 0 saturated carbocycles. The molecule has 0 spiro atoms. The molecule has 24 rings (SSSR count). The second kappa shape index (κ2) is 24.5. The third-order valence-electron chi connectivity index (χ3n) is 23.4. The lowest BCUT2D eigenvalue weighted by Gasteiger charge is -2.11. The van der Waals surface area contributed by atoms with Crippen LogP contribution in [-0.2, 0) is 6.42 Å². The van der Waals surface area contributed by atoms with Crippen molar-refractivity contribution in [3.05, 3.63) is 399 Å². The van der Waals surface area contributed by atoms with Crippen molar-refractivity contribution in [2.75, 3.05) is 0 Å². The molecule has 0 atom stereocenters. The van der Waals surface area contributed by atoms with Gasteiger partial charge in [-0.15, -0.1) is 0 Å². The van der Waals surface area contributed by atoms with Gasteiger partial charge in [0.05, 0.1) is 49.5 Å². The summed E-state index contributed by atoms with van der Waals surface area (Å²) in [6.07, 6.45) is 0.968. The predicted molar refractivity (Wildman–Crippen MR) is 463 cm³/mol. The molecule has 512 valence electrons. The van der Waals surface area contributed by atoms with Crippen LogP contribution in [0.25, 0.3) is 209 Å². The van der Waals surface area contributed by atoms with Crippen LogP contribution in [0.2, 0.25) is 0 Å². The Morgan fingerprint density at radius 1 is 0.191 bits per heavy atom. The van der Waals surface area contributed by atoms with Gasteiger partial charge in [0.2, 0.25) is 0 Å². The summed E-state index contributed by atoms with van der Waals surface area (Å²) in [4.78, 5) is 0. The minimum atomic E-state index is 0.898. The maximum Gasteiger partial charge on any atom is 0.137 e. The molecule has 0 N–H and O–H groups in total. The maximum atomic E-state index is 6.43. The van der Waals surface area contributed by atoms with E-state index in [9.17, 15) is 0 Å². The van der Waals surface area contributed by atoms with E-state index in [-0.39, 0.29) is 0 Å². The molecular weight excluding hydrogens is 1330 g/mol. The maximum absolute atomic E-state index is 6.43. The molecule has 0 amide bonds. The molecule has 5 aromatic heterocycles. The lowest BCUT2D eigenvalue weighted by molar-refractivity contribution is 0.669. The first-order chi connectivity index (χ1) is 54.5. The van der Waals surface area contributed by atoms with E-state index >= 15 is 0 Å². The number of nitrogens with zero attached hydrogens (tertiary/aromatic N) is 4. The topological polar surface area (TPSA) is 32.9 Å². The van der Waals surface area contributed by atoms with Gasteiger partial charge in [-0.25, -0.2) is 0 Å². The standard InChI is InChI=1S/C53H34N2.C52H32N2O/c1-2-11-34(12-3-1)37-16-10-17-42(28-37)54-50-20-9-8-19-45(50)47-30-38(22-25-51(47)54)39-23-26-52-48(31-39)49-33-46-41(27-40-15-6-7-18-44(40)46)32-53(49)55(52)43-24-21-35-13-4-5-14-36(35)29-43;1-2-11-33(12-3-1)36-15-10-16-39(29-36)53-46-19-8-6-17-41(46)44-31-37(22-26-47(44)53)38-23-27-48-45(32-38)42-25-28-50-51(43-18-7-9-20-49(43)55-50)52(42)54(48)40-24-21-34-13-4-5-14-35(34)30-40/h1-26,28-33H,27H2;1-32H. The zero-order valence-corrected chi connectivity index (χ0v) is 59.9. The minimum Gasteiger partial charge on any atom is -0.456 e. The average molecular weight is 1400 g/mol. The van der Waals surface area contributed by atoms with E-state index in [2.05, 4.69) is 400 Å². The summed E-state index contributed by atoms with van der Waals surface area (Å²) in [7, 11) is 0. The molecule has 5 heterocycles. The zero-order valence-electron chi connectivity index (χ0n) is 59.9. The number of rotatable bonds is 8. The van der Waals surface area contributed by atoms with Gasteiger partial charge in [-0.05, 0) is 234 Å². The van der Waals surface area contributed by atoms with Gasteiger partial charge in [0, 0.05) is 71.2 Å². The Morgan fingerprint density at radius 2 is 0.600 bits per heavy atom. The summed E-state index contributed by atoms with van der Waals surface area (Å²) in [5.41, 5.74) is 31.3. The van der Waals surface area contributed by atoms with Crippen LogP contribution in [0.15, 0.2) is 393 Å². The van der Waals surface area contributed by atoms with Gasteiger partial charge in [0.15, 0.2) is 0 Å². The Balaban J connectivity index is 0.000000132. The van der Waals surface area contributed by atoms with Gasteiger partial charge in [-0.2, -0.15) is 0 Å². The molecule has 0 unspecified atom stereocenters. The summed E-state index contributed by atoms with van der Waals surface area (Å²) in [5.74, 6) is 0. The van der Waals surface area contributed by atoms with Crippen LogP contribution >= 0.6 is 0 Å². The average Bonchev–Trinajstić information content (AvgIpc) is 1.56. The van der Waals surface area contributed by atoms with Crippen molar-refractivity contribution in [3.63, 3.8) is 0 Å². The summed E-state index contributed by atoms with van der Waals surface area (Å²) in [5, 5.41) is 17.2. The van der Waals surface area contributed by atoms with Crippen LogP contribution < -0.4 is 0 Å². The summed E-state index contributed by atoms with van der Waals surface area (Å²) in [6.45, 7) is 0. The van der Waals surface area contributed by atoms with E-state index in [1.54, 1.807) is 0 Å². The van der Waals surface area contributed by atoms with Crippen molar-refractivity contribution in [3.8, 4) is 78.4 Å². The van der Waals surface area contributed by atoms with Crippen molar-refractivity contribution < 1.29 is 4.42 Å². The first-order valence-corrected chi connectivity index (χ1v) is 38.0. The van der Waals surface area contributed by atoms with Crippen LogP contribution in [0.3, 0.4) is 0 Å². The third-order valence-corrected chi connectivity index (χ3v) is 23.4. The van der Waals surface area contributed by atoms with E-state index in [4.69, 9.17) is 4.42 Å². The zero-order chi connectivity index (χ0) is 72.1. The van der Waals surface area contributed by atoms with Gasteiger partial charge >= 0.3 is 0 Å². The van der Waals surface area contributed by atoms with Gasteiger partial charge in [0.25, 0.3) is 0 Å². The Bertz CT molecular complexity index is 7750. The molecule has 5 nitrogen and oxygen atoms in total. The lowest BCUT2D eigenvalue weighted by atomic mass is 9.99. The molecule has 5 heteroatoms. The van der Waals surface area contributed by atoms with Gasteiger partial charge in [0.1, 0.15) is 11.2 Å². The number of aromatic nitrogens is 4. The number of hydrogen-bond acceptors (Lipinski definition) is 1. The SMILES string of the molecule is c1ccc(-c2cccc(-n3c4ccccc4c4cc(-c5ccc6c(c5)c5cc7c(cc5n6-c5ccc6ccccc6c5)Cc5ccccc5-7)ccc43)c2)cc1.c1ccc(-c2cccc(-n3c4ccccc4c4cc(-c5ccc6c(c5)c5ccc7oc8ccccc8c7c5n6-c5ccc6ccccc6c5)ccc43)c2)cc1. The van der Waals surface area contributed by atoms with Crippen molar-refractivity contribution >= 4 is 131 Å². The normalized spacial score (nSPS) is 12.1. The fraction of sp³-hybridized carbons (Fsp3) is 0.00952. The van der Waals surface area contributed by atoms with Crippen molar-refractivity contribution in [1.82, 2.24) is 18.3 Å². The Morgan fingerprint density at radius 3 is 1.17 bits per heavy atom. The van der Waals surface area contributed by atoms with Crippen LogP contribution in [0.4, 0.5) is 0 Å². The summed E-state index contributed by atoms with van der Waals surface area (Å²) in [6, 6.07) is 142. The van der Waals surface area contributed by atoms with Crippen LogP contribution in [0, 0.1) is 0 Å². The molecular formula is C105H66N4O. The number of hydrogen-bond donors (Lipinski definition) is 0. The largest absolute Gasteiger partial charge is 0.456 e. The second-order valence-corrected chi connectivity index (χ2v) is 29.5. The highest BCUT2D eigenvalue weighted by Gasteiger charge is 2.25. The number of fused-ring (bicyclic) bond motifs is 21. The lowest BCUT2D eigenvalue weighted by Crippen LogP contribution is -1.95. The second-order valence-electron chi connectivity index (χ2n) is 29.5. The highest BCUT2D eigenvalue weighted by Crippen LogP contribution is 2.47.